The lowest BCUT2D eigenvalue weighted by atomic mass is 9.45. The van der Waals surface area contributed by atoms with Crippen LogP contribution >= 0.6 is 0 Å². The first-order chi connectivity index (χ1) is 23.5. The summed E-state index contributed by atoms with van der Waals surface area (Å²) < 4.78 is 6.41. The van der Waals surface area contributed by atoms with Crippen LogP contribution in [0, 0.1) is 52.8 Å². The molecular weight excluding hydrogens is 634 g/mol. The fraction of sp³-hybridized carbons (Fsp3) is 0.923. The Morgan fingerprint density at radius 2 is 1.78 bits per heavy atom. The van der Waals surface area contributed by atoms with E-state index in [9.17, 15) is 19.5 Å². The van der Waals surface area contributed by atoms with Gasteiger partial charge in [-0.2, -0.15) is 5.06 Å². The third-order valence-electron chi connectivity index (χ3n) is 14.3. The van der Waals surface area contributed by atoms with Gasteiger partial charge in [0.25, 0.3) is 0 Å². The number of methoxy groups -OCH3 is 1. The number of hydrogen-bond donors (Lipinski definition) is 3. The van der Waals surface area contributed by atoms with Crippen molar-refractivity contribution in [3.8, 4) is 0 Å². The van der Waals surface area contributed by atoms with E-state index in [0.717, 1.165) is 51.5 Å². The van der Waals surface area contributed by atoms with Crippen LogP contribution in [0.3, 0.4) is 0 Å². The Labute approximate surface area is 301 Å². The molecular formula is C39H69N5O6. The van der Waals surface area contributed by atoms with E-state index in [1.165, 1.54) is 13.3 Å². The van der Waals surface area contributed by atoms with E-state index >= 15 is 0 Å². The van der Waals surface area contributed by atoms with Crippen LogP contribution < -0.4 is 10.6 Å². The van der Waals surface area contributed by atoms with Crippen LogP contribution in [0.2, 0.25) is 0 Å². The Balaban J connectivity index is 1.35. The van der Waals surface area contributed by atoms with Gasteiger partial charge in [0.05, 0.1) is 12.2 Å². The number of ether oxygens (including phenoxy) is 1. The number of nitrogens with zero attached hydrogens (tertiary/aromatic N) is 3. The Morgan fingerprint density at radius 1 is 1.06 bits per heavy atom. The van der Waals surface area contributed by atoms with Crippen molar-refractivity contribution in [1.29, 1.82) is 0 Å². The number of carbonyl (C=O) groups excluding carboxylic acids is 3. The maximum atomic E-state index is 14.4. The molecule has 6 aliphatic rings. The van der Waals surface area contributed by atoms with Gasteiger partial charge < -0.3 is 30.3 Å². The van der Waals surface area contributed by atoms with E-state index in [4.69, 9.17) is 9.57 Å². The average molecular weight is 704 g/mol. The average Bonchev–Trinajstić information content (AvgIpc) is 3.42. The second kappa shape index (κ2) is 16.1. The van der Waals surface area contributed by atoms with Gasteiger partial charge in [-0.05, 0) is 107 Å². The van der Waals surface area contributed by atoms with Crippen molar-refractivity contribution < 1.29 is 29.1 Å². The topological polar surface area (TPSA) is 124 Å². The highest BCUT2D eigenvalue weighted by Crippen LogP contribution is 2.61. The largest absolute Gasteiger partial charge is 0.393 e. The molecule has 6 unspecified atom stereocenters. The molecule has 3 amide bonds. The molecule has 11 nitrogen and oxygen atoms in total. The van der Waals surface area contributed by atoms with Crippen molar-refractivity contribution in [3.63, 3.8) is 0 Å². The highest BCUT2D eigenvalue weighted by molar-refractivity contribution is 5.83. The minimum Gasteiger partial charge on any atom is -0.393 e. The summed E-state index contributed by atoms with van der Waals surface area (Å²) in [6, 6.07) is -0.126. The maximum absolute atomic E-state index is 14.4. The number of aliphatic hydroxyl groups is 1. The zero-order chi connectivity index (χ0) is 36.7. The van der Waals surface area contributed by atoms with Crippen LogP contribution in [0.1, 0.15) is 92.9 Å². The van der Waals surface area contributed by atoms with Gasteiger partial charge in [0.15, 0.2) is 0 Å². The van der Waals surface area contributed by atoms with E-state index in [1.807, 2.05) is 24.1 Å². The van der Waals surface area contributed by atoms with E-state index in [0.29, 0.717) is 53.5 Å². The SMILES string of the molecule is COC1C(CN2O[C@@H](CNC(C)=O)[C@H]([C@H](C)O)[C@H]2C(=O)N[C@H]2C[C@H]3C[C@@H]([C@@H]2C)C3(C)C)CCCC1C1CC(CN(C)C(C)=O)CC(N(C)C)C1. The summed E-state index contributed by atoms with van der Waals surface area (Å²) in [7, 11) is 8.07. The number of hydroxylamine groups is 2. The quantitative estimate of drug-likeness (QED) is 0.282. The summed E-state index contributed by atoms with van der Waals surface area (Å²) in [5, 5.41) is 19.3. The highest BCUT2D eigenvalue weighted by atomic mass is 16.7. The van der Waals surface area contributed by atoms with Gasteiger partial charge >= 0.3 is 0 Å². The summed E-state index contributed by atoms with van der Waals surface area (Å²) in [5.41, 5.74) is 0.315. The Morgan fingerprint density at radius 3 is 2.36 bits per heavy atom. The lowest BCUT2D eigenvalue weighted by Gasteiger charge is -2.62. The minimum atomic E-state index is -0.807. The van der Waals surface area contributed by atoms with E-state index in [2.05, 4.69) is 50.4 Å². The molecule has 0 spiro atoms. The number of nitrogens with one attached hydrogen (secondary N) is 2. The second-order valence-corrected chi connectivity index (χ2v) is 17.9. The first kappa shape index (κ1) is 39.4. The van der Waals surface area contributed by atoms with Gasteiger partial charge in [0.1, 0.15) is 12.1 Å². The van der Waals surface area contributed by atoms with Crippen LogP contribution in [0.25, 0.3) is 0 Å². The van der Waals surface area contributed by atoms with Gasteiger partial charge in [0.2, 0.25) is 17.7 Å². The van der Waals surface area contributed by atoms with Crippen molar-refractivity contribution in [3.05, 3.63) is 0 Å². The Bertz CT molecular complexity index is 1200. The molecule has 6 fully saturated rings. The highest BCUT2D eigenvalue weighted by Gasteiger charge is 2.58. The van der Waals surface area contributed by atoms with Crippen LogP contribution in [-0.4, -0.2) is 122 Å². The summed E-state index contributed by atoms with van der Waals surface area (Å²) in [5.74, 6) is 2.36. The van der Waals surface area contributed by atoms with Crippen molar-refractivity contribution in [2.75, 3.05) is 47.9 Å². The van der Waals surface area contributed by atoms with Crippen LogP contribution in [0.15, 0.2) is 0 Å². The summed E-state index contributed by atoms with van der Waals surface area (Å²) in [6.45, 7) is 13.4. The molecule has 11 heteroatoms. The molecule has 50 heavy (non-hydrogen) atoms. The molecule has 0 aromatic rings. The minimum absolute atomic E-state index is 0.000246. The fourth-order valence-corrected chi connectivity index (χ4v) is 11.2. The predicted octanol–water partition coefficient (Wildman–Crippen LogP) is 3.55. The number of fused-ring (bicyclic) bond motifs is 2. The number of carbonyl (C=O) groups is 3. The number of amides is 3. The lowest BCUT2D eigenvalue weighted by Crippen LogP contribution is -2.62. The van der Waals surface area contributed by atoms with Crippen LogP contribution in [0.5, 0.6) is 0 Å². The monoisotopic (exact) mass is 704 g/mol. The van der Waals surface area contributed by atoms with Gasteiger partial charge in [0, 0.05) is 71.6 Å². The Hall–Kier alpha value is -1.79. The maximum Gasteiger partial charge on any atom is 0.240 e. The van der Waals surface area contributed by atoms with Gasteiger partial charge in [-0.15, -0.1) is 0 Å². The molecule has 0 aromatic heterocycles. The fourth-order valence-electron chi connectivity index (χ4n) is 11.2. The Kier molecular flexibility index (Phi) is 12.7. The molecule has 286 valence electrons. The zero-order valence-electron chi connectivity index (χ0n) is 32.7. The summed E-state index contributed by atoms with van der Waals surface area (Å²) in [4.78, 5) is 49.4. The van der Waals surface area contributed by atoms with Crippen molar-refractivity contribution >= 4 is 17.7 Å². The first-order valence-electron chi connectivity index (χ1n) is 19.6. The first-order valence-corrected chi connectivity index (χ1v) is 19.6. The molecule has 6 rings (SSSR count). The van der Waals surface area contributed by atoms with Crippen molar-refractivity contribution in [1.82, 2.24) is 25.5 Å². The molecule has 1 heterocycles. The normalized spacial score (nSPS) is 40.5. The third kappa shape index (κ3) is 8.22. The molecule has 1 aliphatic heterocycles. The molecule has 1 saturated heterocycles. The van der Waals surface area contributed by atoms with Gasteiger partial charge in [-0.25, -0.2) is 0 Å². The zero-order valence-corrected chi connectivity index (χ0v) is 32.7. The molecule has 14 atom stereocenters. The lowest BCUT2D eigenvalue weighted by molar-refractivity contribution is -0.187. The third-order valence-corrected chi connectivity index (χ3v) is 14.3. The van der Waals surface area contributed by atoms with E-state index in [-0.39, 0.29) is 42.3 Å². The molecule has 5 aliphatic carbocycles. The smallest absolute Gasteiger partial charge is 0.240 e. The molecule has 2 bridgehead atoms. The van der Waals surface area contributed by atoms with Gasteiger partial charge in [-0.1, -0.05) is 27.2 Å². The molecule has 0 aromatic carbocycles. The summed E-state index contributed by atoms with van der Waals surface area (Å²) >= 11 is 0. The molecule has 3 N–H and O–H groups in total. The van der Waals surface area contributed by atoms with Crippen molar-refractivity contribution in [2.24, 2.45) is 52.8 Å². The number of hydrogen-bond acceptors (Lipinski definition) is 8. The van der Waals surface area contributed by atoms with Crippen LogP contribution in [0.4, 0.5) is 0 Å². The number of rotatable bonds is 12. The van der Waals surface area contributed by atoms with Crippen molar-refractivity contribution in [2.45, 2.75) is 129 Å². The van der Waals surface area contributed by atoms with Gasteiger partial charge in [-0.3, -0.25) is 19.2 Å². The standard InChI is InChI=1S/C39H69N5O6/c1-22-32-17-29(39(32,5)6)18-33(22)41-38(48)36-35(23(2)45)34(19-40-24(3)46)50-44(36)21-27-12-11-13-31(37(27)49-10)28-14-26(20-43(9)25(4)47)15-30(16-28)42(7)8/h22-23,26-37,45H,11-21H2,1-10H3,(H,40,46)(H,41,48)/t22-,23-,26?,27?,28?,29+,30?,31?,32-,33-,34-,35-,36-,37?/m0/s1. The number of aliphatic hydroxyl groups excluding tert-OH is 1. The molecule has 0 radical (unpaired) electrons. The summed E-state index contributed by atoms with van der Waals surface area (Å²) in [6.07, 6.45) is 7.30. The van der Waals surface area contributed by atoms with E-state index in [1.54, 1.807) is 13.8 Å². The predicted molar refractivity (Wildman–Crippen MR) is 194 cm³/mol. The van der Waals surface area contributed by atoms with E-state index < -0.39 is 24.2 Å². The second-order valence-electron chi connectivity index (χ2n) is 17.9. The molecule has 5 saturated carbocycles. The van der Waals surface area contributed by atoms with Crippen LogP contribution in [-0.2, 0) is 24.0 Å².